The number of hydrogen-bond donors (Lipinski definition) is 1. The second-order valence-corrected chi connectivity index (χ2v) is 10.5. The molecule has 0 radical (unpaired) electrons. The van der Waals surface area contributed by atoms with Gasteiger partial charge >= 0.3 is 0 Å². The topological polar surface area (TPSA) is 61.9 Å². The number of thiophene rings is 1. The van der Waals surface area contributed by atoms with Crippen LogP contribution in [0.15, 0.2) is 41.8 Å². The molecule has 1 N–H and O–H groups in total. The lowest BCUT2D eigenvalue weighted by atomic mass is 9.81. The maximum absolute atomic E-state index is 13.7. The van der Waals surface area contributed by atoms with E-state index >= 15 is 0 Å². The number of nitrogens with zero attached hydrogens (tertiary/aromatic N) is 2. The number of piperidine rings is 1. The molecular formula is C27H37N3O3S. The van der Waals surface area contributed by atoms with Gasteiger partial charge in [0, 0.05) is 49.3 Å². The Morgan fingerprint density at radius 1 is 1.12 bits per heavy atom. The number of methoxy groups -OCH3 is 1. The van der Waals surface area contributed by atoms with E-state index in [1.165, 1.54) is 19.3 Å². The second-order valence-electron chi connectivity index (χ2n) is 9.53. The molecule has 6 nitrogen and oxygen atoms in total. The molecule has 1 fully saturated rings. The molecule has 0 aliphatic carbocycles. The van der Waals surface area contributed by atoms with Crippen LogP contribution in [0.25, 0.3) is 0 Å². The van der Waals surface area contributed by atoms with Crippen LogP contribution in [0.5, 0.6) is 0 Å². The molecule has 2 aromatic rings. The largest absolute Gasteiger partial charge is 0.383 e. The molecule has 1 aromatic heterocycles. The number of nitrogens with one attached hydrogen (secondary N) is 1. The predicted molar refractivity (Wildman–Crippen MR) is 136 cm³/mol. The van der Waals surface area contributed by atoms with Gasteiger partial charge in [-0.15, -0.1) is 11.3 Å². The van der Waals surface area contributed by atoms with Gasteiger partial charge in [-0.3, -0.25) is 14.5 Å². The minimum absolute atomic E-state index is 0.0134. The minimum atomic E-state index is -0.447. The van der Waals surface area contributed by atoms with E-state index in [1.54, 1.807) is 18.4 Å². The van der Waals surface area contributed by atoms with Gasteiger partial charge in [0.15, 0.2) is 0 Å². The predicted octanol–water partition coefficient (Wildman–Crippen LogP) is 4.44. The number of ether oxygens (including phenoxy) is 1. The van der Waals surface area contributed by atoms with Gasteiger partial charge in [0.25, 0.3) is 5.91 Å². The van der Waals surface area contributed by atoms with Crippen LogP contribution in [-0.4, -0.2) is 67.0 Å². The number of carbonyl (C=O) groups excluding carboxylic acids is 2. The van der Waals surface area contributed by atoms with Gasteiger partial charge in [-0.2, -0.15) is 0 Å². The molecular weight excluding hydrogens is 446 g/mol. The third-order valence-corrected chi connectivity index (χ3v) is 8.30. The summed E-state index contributed by atoms with van der Waals surface area (Å²) < 4.78 is 5.30. The number of rotatable bonds is 9. The molecule has 4 rings (SSSR count). The van der Waals surface area contributed by atoms with Gasteiger partial charge in [0.2, 0.25) is 5.91 Å². The number of likely N-dealkylation sites (tertiary alicyclic amines) is 1. The summed E-state index contributed by atoms with van der Waals surface area (Å²) in [6.07, 6.45) is 4.73. The molecule has 4 unspecified atom stereocenters. The molecule has 3 heterocycles. The molecule has 2 aliphatic rings. The standard InChI is InChI=1S/C27H37N3O3S/c1-19-9-6-10-20(2)29(19)15-8-14-28-26(31)24-21-11-4-5-12-22(21)27(32)30(16-17-33-3)25(24)23-13-7-18-34-23/h4-5,7,11-13,18-20,24-25H,6,8-10,14-17H2,1-3H3,(H,28,31). The highest BCUT2D eigenvalue weighted by Gasteiger charge is 2.44. The van der Waals surface area contributed by atoms with Gasteiger partial charge < -0.3 is 15.0 Å². The molecule has 0 spiro atoms. The molecule has 4 atom stereocenters. The summed E-state index contributed by atoms with van der Waals surface area (Å²) in [6.45, 7) is 7.12. The third kappa shape index (κ3) is 5.21. The Kier molecular flexibility index (Phi) is 8.40. The van der Waals surface area contributed by atoms with Gasteiger partial charge in [-0.25, -0.2) is 0 Å². The lowest BCUT2D eigenvalue weighted by Crippen LogP contribution is -2.48. The van der Waals surface area contributed by atoms with Crippen molar-refractivity contribution < 1.29 is 14.3 Å². The van der Waals surface area contributed by atoms with Crippen LogP contribution in [0.1, 0.15) is 72.3 Å². The van der Waals surface area contributed by atoms with E-state index in [-0.39, 0.29) is 17.9 Å². The number of carbonyl (C=O) groups is 2. The van der Waals surface area contributed by atoms with Crippen molar-refractivity contribution in [3.05, 3.63) is 57.8 Å². The van der Waals surface area contributed by atoms with Crippen molar-refractivity contribution >= 4 is 23.2 Å². The highest BCUT2D eigenvalue weighted by Crippen LogP contribution is 2.44. The summed E-state index contributed by atoms with van der Waals surface area (Å²) >= 11 is 1.59. The van der Waals surface area contributed by atoms with Crippen LogP contribution in [0, 0.1) is 0 Å². The monoisotopic (exact) mass is 483 g/mol. The molecule has 2 amide bonds. The van der Waals surface area contributed by atoms with E-state index in [9.17, 15) is 9.59 Å². The molecule has 184 valence electrons. The van der Waals surface area contributed by atoms with Crippen molar-refractivity contribution in [2.45, 2.75) is 63.6 Å². The molecule has 1 saturated heterocycles. The van der Waals surface area contributed by atoms with Gasteiger partial charge in [-0.1, -0.05) is 30.7 Å². The summed E-state index contributed by atoms with van der Waals surface area (Å²) in [5, 5.41) is 5.22. The first-order valence-electron chi connectivity index (χ1n) is 12.5. The third-order valence-electron chi connectivity index (χ3n) is 7.36. The zero-order chi connectivity index (χ0) is 24.1. The van der Waals surface area contributed by atoms with E-state index in [4.69, 9.17) is 4.74 Å². The molecule has 1 aromatic carbocycles. The zero-order valence-electron chi connectivity index (χ0n) is 20.5. The Hall–Kier alpha value is -2.22. The first-order chi connectivity index (χ1) is 16.5. The smallest absolute Gasteiger partial charge is 0.254 e. The van der Waals surface area contributed by atoms with E-state index in [0.29, 0.717) is 37.3 Å². The summed E-state index contributed by atoms with van der Waals surface area (Å²) in [7, 11) is 1.64. The Morgan fingerprint density at radius 2 is 1.88 bits per heavy atom. The zero-order valence-corrected chi connectivity index (χ0v) is 21.4. The van der Waals surface area contributed by atoms with E-state index in [0.717, 1.165) is 23.4 Å². The van der Waals surface area contributed by atoms with Crippen molar-refractivity contribution in [3.8, 4) is 0 Å². The van der Waals surface area contributed by atoms with Crippen LogP contribution in [0.4, 0.5) is 0 Å². The van der Waals surface area contributed by atoms with Crippen LogP contribution in [-0.2, 0) is 9.53 Å². The van der Waals surface area contributed by atoms with Crippen LogP contribution < -0.4 is 5.32 Å². The Labute approximate surface area is 207 Å². The lowest BCUT2D eigenvalue weighted by Gasteiger charge is -2.41. The van der Waals surface area contributed by atoms with Crippen molar-refractivity contribution in [1.82, 2.24) is 15.1 Å². The Bertz CT molecular complexity index is 954. The van der Waals surface area contributed by atoms with Crippen molar-refractivity contribution in [2.24, 2.45) is 0 Å². The molecule has 0 saturated carbocycles. The van der Waals surface area contributed by atoms with Gasteiger partial charge in [0.1, 0.15) is 0 Å². The van der Waals surface area contributed by atoms with Crippen molar-refractivity contribution in [1.29, 1.82) is 0 Å². The van der Waals surface area contributed by atoms with E-state index < -0.39 is 5.92 Å². The average Bonchev–Trinajstić information content (AvgIpc) is 3.37. The van der Waals surface area contributed by atoms with Crippen molar-refractivity contribution in [3.63, 3.8) is 0 Å². The number of hydrogen-bond acceptors (Lipinski definition) is 5. The van der Waals surface area contributed by atoms with E-state index in [1.807, 2.05) is 46.7 Å². The van der Waals surface area contributed by atoms with Gasteiger partial charge in [0.05, 0.1) is 18.6 Å². The number of benzene rings is 1. The van der Waals surface area contributed by atoms with Crippen LogP contribution >= 0.6 is 11.3 Å². The average molecular weight is 484 g/mol. The summed E-state index contributed by atoms with van der Waals surface area (Å²) in [6, 6.07) is 12.4. The van der Waals surface area contributed by atoms with Crippen molar-refractivity contribution in [2.75, 3.05) is 33.4 Å². The summed E-state index contributed by atoms with van der Waals surface area (Å²) in [5.41, 5.74) is 1.43. The normalized spacial score (nSPS) is 25.3. The maximum atomic E-state index is 13.7. The molecule has 7 heteroatoms. The van der Waals surface area contributed by atoms with Crippen LogP contribution in [0.2, 0.25) is 0 Å². The summed E-state index contributed by atoms with van der Waals surface area (Å²) in [4.78, 5) is 32.5. The second kappa shape index (κ2) is 11.5. The number of fused-ring (bicyclic) bond motifs is 1. The van der Waals surface area contributed by atoms with Crippen LogP contribution in [0.3, 0.4) is 0 Å². The maximum Gasteiger partial charge on any atom is 0.254 e. The fourth-order valence-electron chi connectivity index (χ4n) is 5.59. The molecule has 34 heavy (non-hydrogen) atoms. The summed E-state index contributed by atoms with van der Waals surface area (Å²) in [5.74, 6) is -0.499. The van der Waals surface area contributed by atoms with E-state index in [2.05, 4.69) is 24.1 Å². The first kappa shape index (κ1) is 24.9. The number of amides is 2. The quantitative estimate of drug-likeness (QED) is 0.536. The molecule has 2 aliphatic heterocycles. The Morgan fingerprint density at radius 3 is 2.59 bits per heavy atom. The first-order valence-corrected chi connectivity index (χ1v) is 13.4. The minimum Gasteiger partial charge on any atom is -0.383 e. The lowest BCUT2D eigenvalue weighted by molar-refractivity contribution is -0.124. The fraction of sp³-hybridized carbons (Fsp3) is 0.556. The highest BCUT2D eigenvalue weighted by atomic mass is 32.1. The Balaban J connectivity index is 1.53. The SMILES string of the molecule is COCCN1C(=O)c2ccccc2C(C(=O)NCCCN2C(C)CCCC2C)C1c1cccs1. The highest BCUT2D eigenvalue weighted by molar-refractivity contribution is 7.10. The fourth-order valence-corrected chi connectivity index (χ4v) is 6.46. The molecule has 0 bridgehead atoms. The van der Waals surface area contributed by atoms with Gasteiger partial charge in [-0.05, 0) is 56.2 Å².